The molecule has 1 saturated carbocycles. The molecule has 1 fully saturated rings. The number of rotatable bonds is 0. The lowest BCUT2D eigenvalue weighted by atomic mass is 10.3. The lowest BCUT2D eigenvalue weighted by Crippen LogP contribution is -2.18. The molecule has 0 heterocycles. The molecule has 2 atom stereocenters. The zero-order valence-electron chi connectivity index (χ0n) is 4.77. The molecule has 0 aromatic heterocycles. The van der Waals surface area contributed by atoms with E-state index in [1.54, 1.807) is 0 Å². The Kier molecular flexibility index (Phi) is 2.08. The van der Waals surface area contributed by atoms with E-state index in [1.165, 1.54) is 6.42 Å². The van der Waals surface area contributed by atoms with Crippen LogP contribution in [0.2, 0.25) is 0 Å². The minimum atomic E-state index is 0. The Morgan fingerprint density at radius 3 is 1.86 bits per heavy atom. The maximum absolute atomic E-state index is 5.61. The van der Waals surface area contributed by atoms with Gasteiger partial charge in [-0.1, -0.05) is 6.92 Å². The minimum Gasteiger partial charge on any atom is -0.325 e. The van der Waals surface area contributed by atoms with Crippen LogP contribution in [-0.4, -0.2) is 5.54 Å². The fourth-order valence-corrected chi connectivity index (χ4v) is 0.601. The first-order valence-corrected chi connectivity index (χ1v) is 2.42. The molecule has 0 aromatic rings. The van der Waals surface area contributed by atoms with Gasteiger partial charge in [-0.2, -0.15) is 0 Å². The topological polar surface area (TPSA) is 26.0 Å². The molecule has 0 spiro atoms. The van der Waals surface area contributed by atoms with E-state index in [0.717, 1.165) is 5.92 Å². The van der Waals surface area contributed by atoms with Crippen molar-refractivity contribution in [1.82, 2.24) is 0 Å². The summed E-state index contributed by atoms with van der Waals surface area (Å²) in [5.74, 6) is 0.775. The second-order valence-corrected chi connectivity index (χ2v) is 2.61. The maximum Gasteiger partial charge on any atom is 0.0155 e. The lowest BCUT2D eigenvalue weighted by Gasteiger charge is -1.93. The molecule has 7 heavy (non-hydrogen) atoms. The van der Waals surface area contributed by atoms with Gasteiger partial charge in [0, 0.05) is 5.54 Å². The van der Waals surface area contributed by atoms with Crippen molar-refractivity contribution in [3.05, 3.63) is 0 Å². The number of hydrogen-bond donors (Lipinski definition) is 1. The van der Waals surface area contributed by atoms with Gasteiger partial charge in [-0.05, 0) is 19.3 Å². The van der Waals surface area contributed by atoms with Gasteiger partial charge >= 0.3 is 0 Å². The predicted octanol–water partition coefficient (Wildman–Crippen LogP) is 1.36. The molecule has 1 nitrogen and oxygen atoms in total. The average molecular weight is 213 g/mol. The van der Waals surface area contributed by atoms with E-state index in [2.05, 4.69) is 13.8 Å². The largest absolute Gasteiger partial charge is 0.325 e. The zero-order chi connectivity index (χ0) is 4.78. The minimum absolute atomic E-state index is 0. The molecule has 1 rings (SSSR count). The van der Waals surface area contributed by atoms with E-state index < -0.39 is 0 Å². The number of nitrogens with two attached hydrogens (primary N) is 1. The highest BCUT2D eigenvalue weighted by Crippen LogP contribution is 2.39. The SMILES string of the molecule is CC1CC1(C)N.I. The van der Waals surface area contributed by atoms with Crippen LogP contribution >= 0.6 is 24.0 Å². The molecule has 0 amide bonds. The van der Waals surface area contributed by atoms with Crippen LogP contribution in [0, 0.1) is 5.92 Å². The van der Waals surface area contributed by atoms with Gasteiger partial charge < -0.3 is 5.73 Å². The van der Waals surface area contributed by atoms with Crippen molar-refractivity contribution in [2.24, 2.45) is 11.7 Å². The maximum atomic E-state index is 5.61. The van der Waals surface area contributed by atoms with Crippen LogP contribution < -0.4 is 5.73 Å². The van der Waals surface area contributed by atoms with Crippen LogP contribution in [0.3, 0.4) is 0 Å². The van der Waals surface area contributed by atoms with Crippen LogP contribution in [-0.2, 0) is 0 Å². The van der Waals surface area contributed by atoms with Crippen LogP contribution in [0.4, 0.5) is 0 Å². The molecule has 1 aliphatic rings. The third-order valence-corrected chi connectivity index (χ3v) is 1.71. The van der Waals surface area contributed by atoms with E-state index in [4.69, 9.17) is 5.73 Å². The van der Waals surface area contributed by atoms with E-state index >= 15 is 0 Å². The molecule has 2 unspecified atom stereocenters. The third kappa shape index (κ3) is 1.57. The normalized spacial score (nSPS) is 47.6. The van der Waals surface area contributed by atoms with Gasteiger partial charge in [-0.3, -0.25) is 0 Å². The van der Waals surface area contributed by atoms with Crippen molar-refractivity contribution in [2.75, 3.05) is 0 Å². The second kappa shape index (κ2) is 1.90. The van der Waals surface area contributed by atoms with Crippen molar-refractivity contribution in [3.63, 3.8) is 0 Å². The fraction of sp³-hybridized carbons (Fsp3) is 1.00. The molecule has 0 saturated heterocycles. The standard InChI is InChI=1S/C5H11N.HI/c1-4-3-5(4,2)6;/h4H,3,6H2,1-2H3;1H. The Bertz CT molecular complexity index is 70.5. The quantitative estimate of drug-likeness (QED) is 0.604. The van der Waals surface area contributed by atoms with E-state index in [-0.39, 0.29) is 29.5 Å². The van der Waals surface area contributed by atoms with Crippen LogP contribution in [0.25, 0.3) is 0 Å². The molecule has 0 aromatic carbocycles. The van der Waals surface area contributed by atoms with Crippen LogP contribution in [0.5, 0.6) is 0 Å². The molecule has 0 radical (unpaired) electrons. The Balaban J connectivity index is 0.000000360. The van der Waals surface area contributed by atoms with Crippen molar-refractivity contribution in [3.8, 4) is 0 Å². The summed E-state index contributed by atoms with van der Waals surface area (Å²) in [5.41, 5.74) is 5.82. The van der Waals surface area contributed by atoms with Gasteiger partial charge in [-0.15, -0.1) is 24.0 Å². The average Bonchev–Trinajstić information content (AvgIpc) is 1.73. The first-order valence-electron chi connectivity index (χ1n) is 2.42. The third-order valence-electron chi connectivity index (χ3n) is 1.71. The predicted molar refractivity (Wildman–Crippen MR) is 41.8 cm³/mol. The molecule has 2 heteroatoms. The summed E-state index contributed by atoms with van der Waals surface area (Å²) in [4.78, 5) is 0. The van der Waals surface area contributed by atoms with Gasteiger partial charge in [0.15, 0.2) is 0 Å². The summed E-state index contributed by atoms with van der Waals surface area (Å²) < 4.78 is 0. The summed E-state index contributed by atoms with van der Waals surface area (Å²) in [6, 6.07) is 0. The highest BCUT2D eigenvalue weighted by Gasteiger charge is 2.42. The Morgan fingerprint density at radius 2 is 1.86 bits per heavy atom. The summed E-state index contributed by atoms with van der Waals surface area (Å²) in [5, 5.41) is 0. The Labute approximate surface area is 61.7 Å². The lowest BCUT2D eigenvalue weighted by molar-refractivity contribution is 0.686. The second-order valence-electron chi connectivity index (χ2n) is 2.61. The zero-order valence-corrected chi connectivity index (χ0v) is 7.10. The monoisotopic (exact) mass is 213 g/mol. The van der Waals surface area contributed by atoms with E-state index in [9.17, 15) is 0 Å². The number of halogens is 1. The molecule has 0 bridgehead atoms. The molecule has 0 aliphatic heterocycles. The number of hydrogen-bond acceptors (Lipinski definition) is 1. The molecular formula is C5H12IN. The van der Waals surface area contributed by atoms with Gasteiger partial charge in [0.05, 0.1) is 0 Å². The van der Waals surface area contributed by atoms with Crippen LogP contribution in [0.1, 0.15) is 20.3 Å². The smallest absolute Gasteiger partial charge is 0.0155 e. The van der Waals surface area contributed by atoms with E-state index in [0.29, 0.717) is 0 Å². The summed E-state index contributed by atoms with van der Waals surface area (Å²) >= 11 is 0. The first kappa shape index (κ1) is 7.69. The van der Waals surface area contributed by atoms with Gasteiger partial charge in [0.1, 0.15) is 0 Å². The molecule has 1 aliphatic carbocycles. The Hall–Kier alpha value is 0.690. The van der Waals surface area contributed by atoms with E-state index in [1.807, 2.05) is 0 Å². The highest BCUT2D eigenvalue weighted by atomic mass is 127. The summed E-state index contributed by atoms with van der Waals surface area (Å²) in [7, 11) is 0. The highest BCUT2D eigenvalue weighted by molar-refractivity contribution is 14.0. The molecule has 2 N–H and O–H groups in total. The first-order chi connectivity index (χ1) is 2.63. The van der Waals surface area contributed by atoms with Crippen molar-refractivity contribution in [1.29, 1.82) is 0 Å². The fourth-order valence-electron chi connectivity index (χ4n) is 0.601. The molecular weight excluding hydrogens is 201 g/mol. The van der Waals surface area contributed by atoms with Crippen molar-refractivity contribution in [2.45, 2.75) is 25.8 Å². The Morgan fingerprint density at radius 1 is 1.71 bits per heavy atom. The van der Waals surface area contributed by atoms with Gasteiger partial charge in [-0.25, -0.2) is 0 Å². The van der Waals surface area contributed by atoms with Crippen molar-refractivity contribution < 1.29 is 0 Å². The van der Waals surface area contributed by atoms with Gasteiger partial charge in [0.25, 0.3) is 0 Å². The van der Waals surface area contributed by atoms with Crippen LogP contribution in [0.15, 0.2) is 0 Å². The van der Waals surface area contributed by atoms with Gasteiger partial charge in [0.2, 0.25) is 0 Å². The summed E-state index contributed by atoms with van der Waals surface area (Å²) in [6.07, 6.45) is 1.22. The van der Waals surface area contributed by atoms with Crippen molar-refractivity contribution >= 4 is 24.0 Å². The molecule has 44 valence electrons. The summed E-state index contributed by atoms with van der Waals surface area (Å²) in [6.45, 7) is 4.28.